The lowest BCUT2D eigenvalue weighted by Crippen LogP contribution is -2.40. The largest absolute Gasteiger partial charge is 0.408 e. The molecule has 1 aromatic carbocycles. The van der Waals surface area contributed by atoms with Crippen LogP contribution in [0.3, 0.4) is 0 Å². The minimum Gasteiger partial charge on any atom is -0.408 e. The maximum absolute atomic E-state index is 12.9. The van der Waals surface area contributed by atoms with Crippen molar-refractivity contribution >= 4 is 11.9 Å². The van der Waals surface area contributed by atoms with Crippen molar-refractivity contribution < 1.29 is 9.21 Å². The number of nitrogen functional groups attached to an aromatic ring is 1. The molecule has 24 heavy (non-hydrogen) atoms. The minimum atomic E-state index is -0.00384. The monoisotopic (exact) mass is 326 g/mol. The van der Waals surface area contributed by atoms with Gasteiger partial charge in [-0.1, -0.05) is 42.4 Å². The first-order chi connectivity index (χ1) is 11.6. The second kappa shape index (κ2) is 5.61. The molecular weight excluding hydrogens is 304 g/mol. The molecule has 126 valence electrons. The van der Waals surface area contributed by atoms with Crippen molar-refractivity contribution in [2.75, 3.05) is 18.8 Å². The second-order valence-electron chi connectivity index (χ2n) is 7.12. The van der Waals surface area contributed by atoms with Gasteiger partial charge >= 0.3 is 6.01 Å². The normalized spacial score (nSPS) is 27.2. The molecule has 2 atom stereocenters. The molecule has 0 bridgehead atoms. The summed E-state index contributed by atoms with van der Waals surface area (Å²) in [6.45, 7) is 3.68. The van der Waals surface area contributed by atoms with Gasteiger partial charge in [0.1, 0.15) is 0 Å². The summed E-state index contributed by atoms with van der Waals surface area (Å²) in [6, 6.07) is 10.5. The number of carbonyl (C=O) groups is 1. The van der Waals surface area contributed by atoms with Crippen molar-refractivity contribution in [3.05, 3.63) is 41.8 Å². The minimum absolute atomic E-state index is 0.00384. The van der Waals surface area contributed by atoms with Gasteiger partial charge in [-0.25, -0.2) is 0 Å². The highest BCUT2D eigenvalue weighted by Crippen LogP contribution is 2.54. The van der Waals surface area contributed by atoms with Crippen molar-refractivity contribution in [3.8, 4) is 0 Å². The number of amides is 1. The van der Waals surface area contributed by atoms with E-state index in [0.29, 0.717) is 5.89 Å². The highest BCUT2D eigenvalue weighted by atomic mass is 16.4. The van der Waals surface area contributed by atoms with Crippen LogP contribution in [-0.4, -0.2) is 34.1 Å². The van der Waals surface area contributed by atoms with Crippen molar-refractivity contribution in [1.29, 1.82) is 0 Å². The van der Waals surface area contributed by atoms with Crippen LogP contribution in [0.2, 0.25) is 0 Å². The van der Waals surface area contributed by atoms with E-state index in [4.69, 9.17) is 10.2 Å². The number of nitrogens with zero attached hydrogens (tertiary/aromatic N) is 3. The van der Waals surface area contributed by atoms with E-state index in [1.54, 1.807) is 0 Å². The van der Waals surface area contributed by atoms with Crippen LogP contribution in [0, 0.1) is 5.92 Å². The maximum Gasteiger partial charge on any atom is 0.312 e. The average molecular weight is 326 g/mol. The number of aromatic nitrogens is 2. The van der Waals surface area contributed by atoms with Gasteiger partial charge in [-0.15, -0.1) is 5.10 Å². The highest BCUT2D eigenvalue weighted by molar-refractivity contribution is 5.84. The second-order valence-corrected chi connectivity index (χ2v) is 7.12. The summed E-state index contributed by atoms with van der Waals surface area (Å²) in [5.41, 5.74) is 6.75. The molecule has 0 unspecified atom stereocenters. The van der Waals surface area contributed by atoms with Gasteiger partial charge in [0, 0.05) is 30.3 Å². The lowest BCUT2D eigenvalue weighted by atomic mass is 9.93. The van der Waals surface area contributed by atoms with Crippen LogP contribution in [0.1, 0.15) is 43.6 Å². The van der Waals surface area contributed by atoms with Gasteiger partial charge in [-0.05, 0) is 24.8 Å². The molecule has 2 aliphatic rings. The molecule has 1 aromatic heterocycles. The van der Waals surface area contributed by atoms with Crippen LogP contribution >= 0.6 is 0 Å². The van der Waals surface area contributed by atoms with Crippen molar-refractivity contribution in [2.45, 2.75) is 37.5 Å². The predicted molar refractivity (Wildman–Crippen MR) is 89.2 cm³/mol. The Morgan fingerprint density at radius 3 is 2.58 bits per heavy atom. The van der Waals surface area contributed by atoms with E-state index in [9.17, 15) is 4.79 Å². The number of hydrogen-bond donors (Lipinski definition) is 1. The number of likely N-dealkylation sites (tertiary alicyclic amines) is 1. The molecule has 6 nitrogen and oxygen atoms in total. The van der Waals surface area contributed by atoms with E-state index in [-0.39, 0.29) is 29.2 Å². The topological polar surface area (TPSA) is 85.2 Å². The lowest BCUT2D eigenvalue weighted by Gasteiger charge is -2.31. The molecule has 1 aliphatic carbocycles. The summed E-state index contributed by atoms with van der Waals surface area (Å²) >= 11 is 0. The molecule has 2 heterocycles. The zero-order valence-electron chi connectivity index (χ0n) is 13.8. The third-order valence-corrected chi connectivity index (χ3v) is 5.58. The van der Waals surface area contributed by atoms with Crippen LogP contribution in [0.15, 0.2) is 34.7 Å². The highest BCUT2D eigenvalue weighted by Gasteiger charge is 2.56. The van der Waals surface area contributed by atoms with Crippen LogP contribution in [0.4, 0.5) is 6.01 Å². The van der Waals surface area contributed by atoms with Crippen molar-refractivity contribution in [1.82, 2.24) is 15.1 Å². The smallest absolute Gasteiger partial charge is 0.312 e. The first kappa shape index (κ1) is 15.2. The standard InChI is InChI=1S/C18H22N4O2/c1-18(13-5-3-2-4-6-13)11-14(18)16(23)22-9-7-12(8-10-22)15-20-21-17(19)24-15/h2-6,12,14H,7-11H2,1H3,(H2,19,21)/t14-,18+/m0/s1. The summed E-state index contributed by atoms with van der Waals surface area (Å²) in [7, 11) is 0. The van der Waals surface area contributed by atoms with E-state index >= 15 is 0 Å². The van der Waals surface area contributed by atoms with Crippen LogP contribution in [-0.2, 0) is 10.2 Å². The quantitative estimate of drug-likeness (QED) is 0.935. The van der Waals surface area contributed by atoms with Crippen LogP contribution in [0.25, 0.3) is 0 Å². The molecule has 1 saturated heterocycles. The van der Waals surface area contributed by atoms with Gasteiger partial charge in [0.25, 0.3) is 0 Å². The molecule has 1 amide bonds. The molecule has 2 aromatic rings. The number of benzene rings is 1. The Bertz CT molecular complexity index is 736. The molecular formula is C18H22N4O2. The summed E-state index contributed by atoms with van der Waals surface area (Å²) in [5, 5.41) is 7.69. The fourth-order valence-corrected chi connectivity index (χ4v) is 3.84. The lowest BCUT2D eigenvalue weighted by molar-refractivity contribution is -0.134. The van der Waals surface area contributed by atoms with E-state index < -0.39 is 0 Å². The molecule has 4 rings (SSSR count). The Kier molecular flexibility index (Phi) is 3.55. The zero-order valence-corrected chi connectivity index (χ0v) is 13.8. The van der Waals surface area contributed by atoms with Gasteiger partial charge in [0.15, 0.2) is 0 Å². The van der Waals surface area contributed by atoms with E-state index in [1.807, 2.05) is 23.1 Å². The van der Waals surface area contributed by atoms with Gasteiger partial charge in [-0.3, -0.25) is 4.79 Å². The Balaban J connectivity index is 1.37. The average Bonchev–Trinajstić information content (AvgIpc) is 3.13. The predicted octanol–water partition coefficient (Wildman–Crippen LogP) is 2.34. The van der Waals surface area contributed by atoms with E-state index in [1.165, 1.54) is 5.56 Å². The fraction of sp³-hybridized carbons (Fsp3) is 0.500. The molecule has 2 N–H and O–H groups in total. The summed E-state index contributed by atoms with van der Waals surface area (Å²) < 4.78 is 5.32. The van der Waals surface area contributed by atoms with Crippen LogP contribution in [0.5, 0.6) is 0 Å². The van der Waals surface area contributed by atoms with Crippen molar-refractivity contribution in [3.63, 3.8) is 0 Å². The number of piperidine rings is 1. The number of hydrogen-bond acceptors (Lipinski definition) is 5. The van der Waals surface area contributed by atoms with E-state index in [0.717, 1.165) is 32.4 Å². The van der Waals surface area contributed by atoms with Gasteiger partial charge < -0.3 is 15.1 Å². The molecule has 1 saturated carbocycles. The Morgan fingerprint density at radius 1 is 1.25 bits per heavy atom. The van der Waals surface area contributed by atoms with Gasteiger partial charge in [0.2, 0.25) is 11.8 Å². The van der Waals surface area contributed by atoms with Crippen molar-refractivity contribution in [2.24, 2.45) is 5.92 Å². The number of anilines is 1. The van der Waals surface area contributed by atoms with E-state index in [2.05, 4.69) is 29.3 Å². The Hall–Kier alpha value is -2.37. The molecule has 6 heteroatoms. The summed E-state index contributed by atoms with van der Waals surface area (Å²) in [6.07, 6.45) is 2.64. The maximum atomic E-state index is 12.9. The first-order valence-corrected chi connectivity index (χ1v) is 8.51. The van der Waals surface area contributed by atoms with Crippen LogP contribution < -0.4 is 5.73 Å². The third kappa shape index (κ3) is 2.56. The fourth-order valence-electron chi connectivity index (χ4n) is 3.84. The zero-order chi connectivity index (χ0) is 16.7. The summed E-state index contributed by atoms with van der Waals surface area (Å²) in [4.78, 5) is 14.8. The number of rotatable bonds is 3. The molecule has 0 radical (unpaired) electrons. The third-order valence-electron chi connectivity index (χ3n) is 5.58. The van der Waals surface area contributed by atoms with Gasteiger partial charge in [-0.2, -0.15) is 0 Å². The first-order valence-electron chi connectivity index (χ1n) is 8.51. The Morgan fingerprint density at radius 2 is 1.96 bits per heavy atom. The molecule has 2 fully saturated rings. The molecule has 0 spiro atoms. The molecule has 1 aliphatic heterocycles. The Labute approximate surface area is 141 Å². The number of carbonyl (C=O) groups excluding carboxylic acids is 1. The summed E-state index contributed by atoms with van der Waals surface area (Å²) in [5.74, 6) is 1.19. The number of nitrogens with two attached hydrogens (primary N) is 1. The SMILES string of the molecule is C[C@]1(c2ccccc2)C[C@H]1C(=O)N1CCC(c2nnc(N)o2)CC1. The van der Waals surface area contributed by atoms with Gasteiger partial charge in [0.05, 0.1) is 0 Å².